The van der Waals surface area contributed by atoms with E-state index < -0.39 is 0 Å². The molecule has 3 rings (SSSR count). The molecule has 0 aliphatic carbocycles. The lowest BCUT2D eigenvalue weighted by molar-refractivity contribution is 0.149. The lowest BCUT2D eigenvalue weighted by atomic mass is 10.0. The quantitative estimate of drug-likeness (QED) is 0.807. The molecule has 1 aromatic rings. The molecule has 2 unspecified atom stereocenters. The third kappa shape index (κ3) is 2.07. The maximum absolute atomic E-state index is 4.83. The molecule has 2 aliphatic rings. The lowest BCUT2D eigenvalue weighted by Crippen LogP contribution is -2.33. The van der Waals surface area contributed by atoms with Gasteiger partial charge in [0.15, 0.2) is 5.82 Å². The molecular formula is C14H24N4. The highest BCUT2D eigenvalue weighted by Gasteiger charge is 2.28. The molecule has 4 heteroatoms. The van der Waals surface area contributed by atoms with Gasteiger partial charge in [-0.05, 0) is 45.7 Å². The van der Waals surface area contributed by atoms with Gasteiger partial charge in [0.05, 0.1) is 12.1 Å². The average molecular weight is 248 g/mol. The summed E-state index contributed by atoms with van der Waals surface area (Å²) in [4.78, 5) is 7.37. The van der Waals surface area contributed by atoms with Crippen LogP contribution in [0.1, 0.15) is 69.7 Å². The zero-order valence-corrected chi connectivity index (χ0v) is 11.6. The molecule has 1 fully saturated rings. The van der Waals surface area contributed by atoms with Crippen molar-refractivity contribution in [3.63, 3.8) is 0 Å². The number of aromatic nitrogens is 3. The third-order valence-electron chi connectivity index (χ3n) is 4.48. The van der Waals surface area contributed by atoms with Gasteiger partial charge >= 0.3 is 0 Å². The fourth-order valence-corrected chi connectivity index (χ4v) is 3.38. The highest BCUT2D eigenvalue weighted by molar-refractivity contribution is 5.03. The van der Waals surface area contributed by atoms with Gasteiger partial charge in [-0.15, -0.1) is 0 Å². The number of piperidine rings is 1. The van der Waals surface area contributed by atoms with Crippen LogP contribution in [0, 0.1) is 0 Å². The van der Waals surface area contributed by atoms with Crippen molar-refractivity contribution >= 4 is 0 Å². The number of fused-ring (bicyclic) bond motifs is 1. The summed E-state index contributed by atoms with van der Waals surface area (Å²) in [6, 6.07) is 1.00. The zero-order chi connectivity index (χ0) is 12.5. The van der Waals surface area contributed by atoms with Crippen molar-refractivity contribution in [1.82, 2.24) is 19.7 Å². The van der Waals surface area contributed by atoms with E-state index in [9.17, 15) is 0 Å². The van der Waals surface area contributed by atoms with E-state index in [0.717, 1.165) is 18.8 Å². The molecule has 4 nitrogen and oxygen atoms in total. The number of aryl methyl sites for hydroxylation is 1. The number of hydrogen-bond donors (Lipinski definition) is 0. The minimum Gasteiger partial charge on any atom is -0.294 e. The van der Waals surface area contributed by atoms with Crippen LogP contribution in [0.2, 0.25) is 0 Å². The maximum Gasteiger partial charge on any atom is 0.168 e. The predicted molar refractivity (Wildman–Crippen MR) is 71.5 cm³/mol. The first kappa shape index (κ1) is 12.2. The molecule has 1 aromatic heterocycles. The van der Waals surface area contributed by atoms with Crippen LogP contribution in [-0.4, -0.2) is 32.8 Å². The average Bonchev–Trinajstić information content (AvgIpc) is 2.84. The van der Waals surface area contributed by atoms with Crippen LogP contribution in [-0.2, 0) is 6.42 Å². The Morgan fingerprint density at radius 1 is 1.22 bits per heavy atom. The van der Waals surface area contributed by atoms with Crippen LogP contribution in [0.4, 0.5) is 0 Å². The molecule has 0 aromatic carbocycles. The fourth-order valence-electron chi connectivity index (χ4n) is 3.38. The Labute approximate surface area is 109 Å². The molecule has 2 atom stereocenters. The monoisotopic (exact) mass is 248 g/mol. The van der Waals surface area contributed by atoms with Crippen LogP contribution in [0.3, 0.4) is 0 Å². The second-order valence-corrected chi connectivity index (χ2v) is 5.71. The predicted octanol–water partition coefficient (Wildman–Crippen LogP) is 2.72. The lowest BCUT2D eigenvalue weighted by Gasteiger charge is -2.32. The normalized spacial score (nSPS) is 29.2. The summed E-state index contributed by atoms with van der Waals surface area (Å²) in [5.74, 6) is 2.30. The largest absolute Gasteiger partial charge is 0.294 e. The molecular weight excluding hydrogens is 224 g/mol. The summed E-state index contributed by atoms with van der Waals surface area (Å²) < 4.78 is 2.18. The Hall–Kier alpha value is -0.900. The summed E-state index contributed by atoms with van der Waals surface area (Å²) in [5.41, 5.74) is 0. The first-order chi connectivity index (χ1) is 8.79. The van der Waals surface area contributed by atoms with Crippen molar-refractivity contribution in [2.75, 3.05) is 13.1 Å². The van der Waals surface area contributed by atoms with E-state index in [-0.39, 0.29) is 0 Å². The number of hydrogen-bond acceptors (Lipinski definition) is 3. The summed E-state index contributed by atoms with van der Waals surface area (Å²) >= 11 is 0. The van der Waals surface area contributed by atoms with Crippen molar-refractivity contribution in [1.29, 1.82) is 0 Å². The van der Waals surface area contributed by atoms with E-state index in [1.165, 1.54) is 44.5 Å². The number of rotatable bonds is 2. The molecule has 18 heavy (non-hydrogen) atoms. The van der Waals surface area contributed by atoms with Gasteiger partial charge in [-0.2, -0.15) is 5.10 Å². The van der Waals surface area contributed by atoms with E-state index >= 15 is 0 Å². The Morgan fingerprint density at radius 3 is 2.89 bits per heavy atom. The highest BCUT2D eigenvalue weighted by Crippen LogP contribution is 2.31. The summed E-state index contributed by atoms with van der Waals surface area (Å²) in [5, 5.41) is 4.82. The molecule has 0 N–H and O–H groups in total. The molecule has 0 spiro atoms. The molecule has 0 radical (unpaired) electrons. The van der Waals surface area contributed by atoms with Crippen LogP contribution < -0.4 is 0 Å². The van der Waals surface area contributed by atoms with E-state index in [2.05, 4.69) is 23.4 Å². The fraction of sp³-hybridized carbons (Fsp3) is 0.857. The number of likely N-dealkylation sites (tertiary alicyclic amines) is 1. The van der Waals surface area contributed by atoms with Gasteiger partial charge in [-0.3, -0.25) is 4.90 Å². The topological polar surface area (TPSA) is 34.0 Å². The van der Waals surface area contributed by atoms with E-state index in [1.807, 2.05) is 0 Å². The van der Waals surface area contributed by atoms with Crippen LogP contribution >= 0.6 is 0 Å². The van der Waals surface area contributed by atoms with E-state index in [0.29, 0.717) is 12.1 Å². The Morgan fingerprint density at radius 2 is 2.11 bits per heavy atom. The standard InChI is InChI=1S/C14H24N4/c1-3-17-10-5-4-8-12(17)14-15-13-9-6-7-11(2)18(13)16-14/h11-12H,3-10H2,1-2H3. The van der Waals surface area contributed by atoms with E-state index in [1.54, 1.807) is 0 Å². The highest BCUT2D eigenvalue weighted by atomic mass is 15.4. The van der Waals surface area contributed by atoms with Crippen LogP contribution in [0.25, 0.3) is 0 Å². The van der Waals surface area contributed by atoms with Gasteiger partial charge in [0, 0.05) is 6.42 Å². The zero-order valence-electron chi connectivity index (χ0n) is 11.6. The Kier molecular flexibility index (Phi) is 3.37. The minimum atomic E-state index is 0.467. The number of nitrogens with zero attached hydrogens (tertiary/aromatic N) is 4. The van der Waals surface area contributed by atoms with Gasteiger partial charge in [0.1, 0.15) is 5.82 Å². The molecule has 0 amide bonds. The van der Waals surface area contributed by atoms with Gasteiger partial charge < -0.3 is 0 Å². The van der Waals surface area contributed by atoms with Crippen molar-refractivity contribution in [2.45, 2.75) is 64.5 Å². The minimum absolute atomic E-state index is 0.467. The Balaban J connectivity index is 1.87. The molecule has 0 saturated carbocycles. The maximum atomic E-state index is 4.83. The van der Waals surface area contributed by atoms with Gasteiger partial charge in [-0.1, -0.05) is 13.3 Å². The first-order valence-electron chi connectivity index (χ1n) is 7.49. The third-order valence-corrected chi connectivity index (χ3v) is 4.48. The van der Waals surface area contributed by atoms with Gasteiger partial charge in [-0.25, -0.2) is 9.67 Å². The van der Waals surface area contributed by atoms with Crippen molar-refractivity contribution in [2.24, 2.45) is 0 Å². The molecule has 3 heterocycles. The van der Waals surface area contributed by atoms with Crippen molar-refractivity contribution < 1.29 is 0 Å². The molecule has 0 bridgehead atoms. The molecule has 1 saturated heterocycles. The molecule has 100 valence electrons. The van der Waals surface area contributed by atoms with Crippen molar-refractivity contribution in [3.8, 4) is 0 Å². The van der Waals surface area contributed by atoms with Crippen LogP contribution in [0.5, 0.6) is 0 Å². The molecule has 2 aliphatic heterocycles. The van der Waals surface area contributed by atoms with Crippen LogP contribution in [0.15, 0.2) is 0 Å². The van der Waals surface area contributed by atoms with Gasteiger partial charge in [0.25, 0.3) is 0 Å². The summed E-state index contributed by atoms with van der Waals surface area (Å²) in [6.07, 6.45) is 7.50. The Bertz CT molecular complexity index is 412. The second kappa shape index (κ2) is 5.00. The van der Waals surface area contributed by atoms with E-state index in [4.69, 9.17) is 10.1 Å². The SMILES string of the molecule is CCN1CCCCC1c1nc2n(n1)C(C)CCC2. The van der Waals surface area contributed by atoms with Gasteiger partial charge in [0.2, 0.25) is 0 Å². The first-order valence-corrected chi connectivity index (χ1v) is 7.49. The summed E-state index contributed by atoms with van der Waals surface area (Å²) in [7, 11) is 0. The van der Waals surface area contributed by atoms with Crippen molar-refractivity contribution in [3.05, 3.63) is 11.6 Å². The summed E-state index contributed by atoms with van der Waals surface area (Å²) in [6.45, 7) is 6.83. The second-order valence-electron chi connectivity index (χ2n) is 5.71. The smallest absolute Gasteiger partial charge is 0.168 e.